The Morgan fingerprint density at radius 3 is 3.04 bits per heavy atom. The Balaban J connectivity index is 1.54. The molecule has 4 rings (SSSR count). The van der Waals surface area contributed by atoms with Crippen LogP contribution in [0.1, 0.15) is 28.2 Å². The number of nitrogens with zero attached hydrogens (tertiary/aromatic N) is 4. The van der Waals surface area contributed by atoms with Crippen LogP contribution in [0.3, 0.4) is 0 Å². The highest BCUT2D eigenvalue weighted by Crippen LogP contribution is 2.20. The molecule has 0 saturated carbocycles. The Bertz CT molecular complexity index is 972. The number of fused-ring (bicyclic) bond motifs is 2. The molecule has 1 atom stereocenters. The van der Waals surface area contributed by atoms with E-state index >= 15 is 0 Å². The van der Waals surface area contributed by atoms with Crippen molar-refractivity contribution < 1.29 is 9.53 Å². The number of imidazole rings is 2. The van der Waals surface area contributed by atoms with Gasteiger partial charge in [-0.3, -0.25) is 4.79 Å². The van der Waals surface area contributed by atoms with Crippen LogP contribution in [0.5, 0.6) is 0 Å². The summed E-state index contributed by atoms with van der Waals surface area (Å²) in [7, 11) is 3.68. The molecule has 1 aliphatic rings. The molecule has 0 fully saturated rings. The molecular weight excluding hydrogens is 380 g/mol. The van der Waals surface area contributed by atoms with Gasteiger partial charge in [0.05, 0.1) is 17.6 Å². The first-order valence-corrected chi connectivity index (χ1v) is 9.61. The van der Waals surface area contributed by atoms with Crippen LogP contribution in [0.25, 0.3) is 11.0 Å². The Kier molecular flexibility index (Phi) is 5.34. The van der Waals surface area contributed by atoms with Gasteiger partial charge in [-0.2, -0.15) is 0 Å². The van der Waals surface area contributed by atoms with E-state index in [9.17, 15) is 4.79 Å². The Hall–Kier alpha value is -2.42. The number of aromatic nitrogens is 4. The number of benzene rings is 1. The van der Waals surface area contributed by atoms with Gasteiger partial charge in [0, 0.05) is 44.4 Å². The van der Waals surface area contributed by atoms with Crippen molar-refractivity contribution >= 4 is 28.5 Å². The molecule has 8 nitrogen and oxygen atoms in total. The van der Waals surface area contributed by atoms with E-state index in [0.29, 0.717) is 16.5 Å². The molecule has 1 aliphatic heterocycles. The van der Waals surface area contributed by atoms with E-state index in [4.69, 9.17) is 16.3 Å². The first-order valence-electron chi connectivity index (χ1n) is 9.23. The summed E-state index contributed by atoms with van der Waals surface area (Å²) in [6, 6.07) is 5.01. The molecule has 28 heavy (non-hydrogen) atoms. The second-order valence-corrected chi connectivity index (χ2v) is 7.49. The van der Waals surface area contributed by atoms with Crippen molar-refractivity contribution in [3.63, 3.8) is 0 Å². The van der Waals surface area contributed by atoms with Gasteiger partial charge < -0.3 is 24.5 Å². The number of halogens is 1. The third kappa shape index (κ3) is 3.89. The summed E-state index contributed by atoms with van der Waals surface area (Å²) in [5, 5.41) is 3.61. The molecule has 0 bridgehead atoms. The summed E-state index contributed by atoms with van der Waals surface area (Å²) in [5.74, 6) is 1.32. The fourth-order valence-corrected chi connectivity index (χ4v) is 3.56. The molecular formula is C19H23ClN6O2. The number of amides is 1. The van der Waals surface area contributed by atoms with E-state index < -0.39 is 6.04 Å². The normalized spacial score (nSPS) is 16.0. The average molecular weight is 403 g/mol. The SMILES string of the molecule is COC[C@H](NC(=O)c1cn2c(n1)CCN(C)CC2)c1nc2ccc(Cl)cc2[nH]1. The third-order valence-corrected chi connectivity index (χ3v) is 5.20. The summed E-state index contributed by atoms with van der Waals surface area (Å²) in [4.78, 5) is 27.4. The van der Waals surface area contributed by atoms with Crippen molar-refractivity contribution in [3.8, 4) is 0 Å². The maximum atomic E-state index is 12.8. The molecule has 0 aliphatic carbocycles. The fraction of sp³-hybridized carbons (Fsp3) is 0.421. The maximum absolute atomic E-state index is 12.8. The lowest BCUT2D eigenvalue weighted by Gasteiger charge is -2.15. The van der Waals surface area contributed by atoms with Crippen molar-refractivity contribution in [1.82, 2.24) is 29.7 Å². The molecule has 3 heterocycles. The molecule has 3 aromatic rings. The smallest absolute Gasteiger partial charge is 0.272 e. The lowest BCUT2D eigenvalue weighted by atomic mass is 10.2. The zero-order valence-electron chi connectivity index (χ0n) is 15.9. The Morgan fingerprint density at radius 2 is 2.21 bits per heavy atom. The van der Waals surface area contributed by atoms with Crippen molar-refractivity contribution in [3.05, 3.63) is 46.8 Å². The van der Waals surface area contributed by atoms with Crippen molar-refractivity contribution in [1.29, 1.82) is 0 Å². The minimum atomic E-state index is -0.420. The summed E-state index contributed by atoms with van der Waals surface area (Å²) in [5.41, 5.74) is 2.02. The number of nitrogens with one attached hydrogen (secondary N) is 2. The lowest BCUT2D eigenvalue weighted by Crippen LogP contribution is -2.32. The third-order valence-electron chi connectivity index (χ3n) is 4.96. The number of hydrogen-bond donors (Lipinski definition) is 2. The van der Waals surface area contributed by atoms with Gasteiger partial charge in [0.1, 0.15) is 23.4 Å². The summed E-state index contributed by atoms with van der Waals surface area (Å²) >= 11 is 6.05. The number of ether oxygens (including phenoxy) is 1. The topological polar surface area (TPSA) is 88.1 Å². The number of carbonyl (C=O) groups excluding carboxylic acids is 1. The monoisotopic (exact) mass is 402 g/mol. The number of aromatic amines is 1. The van der Waals surface area contributed by atoms with Gasteiger partial charge in [-0.15, -0.1) is 0 Å². The molecule has 1 aromatic carbocycles. The van der Waals surface area contributed by atoms with Crippen LogP contribution >= 0.6 is 11.6 Å². The predicted octanol–water partition coefficient (Wildman–Crippen LogP) is 2.02. The average Bonchev–Trinajstić information content (AvgIpc) is 3.23. The van der Waals surface area contributed by atoms with Crippen LogP contribution in [0.4, 0.5) is 0 Å². The van der Waals surface area contributed by atoms with E-state index in [2.05, 4.69) is 36.8 Å². The standard InChI is InChI=1S/C19H23ClN6O2/c1-25-6-5-17-21-15(10-26(17)8-7-25)19(27)24-16(11-28-2)18-22-13-4-3-12(20)9-14(13)23-18/h3-4,9-10,16H,5-8,11H2,1-2H3,(H,22,23)(H,24,27)/t16-/m0/s1. The second kappa shape index (κ2) is 7.90. The van der Waals surface area contributed by atoms with Gasteiger partial charge in [0.15, 0.2) is 0 Å². The number of carbonyl (C=O) groups is 1. The molecule has 0 radical (unpaired) electrons. The Morgan fingerprint density at radius 1 is 1.36 bits per heavy atom. The number of rotatable bonds is 5. The molecule has 2 aromatic heterocycles. The van der Waals surface area contributed by atoms with Gasteiger partial charge in [-0.05, 0) is 25.2 Å². The van der Waals surface area contributed by atoms with Gasteiger partial charge >= 0.3 is 0 Å². The number of H-pyrrole nitrogens is 1. The van der Waals surface area contributed by atoms with Crippen LogP contribution in [0.2, 0.25) is 5.02 Å². The Labute approximate surface area is 167 Å². The zero-order chi connectivity index (χ0) is 19.7. The highest BCUT2D eigenvalue weighted by molar-refractivity contribution is 6.31. The molecule has 1 amide bonds. The summed E-state index contributed by atoms with van der Waals surface area (Å²) < 4.78 is 7.36. The second-order valence-electron chi connectivity index (χ2n) is 7.05. The minimum Gasteiger partial charge on any atom is -0.382 e. The predicted molar refractivity (Wildman–Crippen MR) is 107 cm³/mol. The van der Waals surface area contributed by atoms with Gasteiger partial charge in [0.2, 0.25) is 0 Å². The number of likely N-dealkylation sites (N-methyl/N-ethyl adjacent to an activating group) is 1. The zero-order valence-corrected chi connectivity index (χ0v) is 16.7. The summed E-state index contributed by atoms with van der Waals surface area (Å²) in [6.45, 7) is 3.00. The summed E-state index contributed by atoms with van der Waals surface area (Å²) in [6.07, 6.45) is 2.65. The molecule has 0 unspecified atom stereocenters. The first kappa shape index (κ1) is 18.9. The minimum absolute atomic E-state index is 0.241. The molecule has 0 saturated heterocycles. The van der Waals surface area contributed by atoms with Crippen molar-refractivity contribution in [2.45, 2.75) is 19.0 Å². The first-order chi connectivity index (χ1) is 13.5. The van der Waals surface area contributed by atoms with Gasteiger partial charge in [-0.25, -0.2) is 9.97 Å². The molecule has 148 valence electrons. The fourth-order valence-electron chi connectivity index (χ4n) is 3.39. The maximum Gasteiger partial charge on any atom is 0.272 e. The van der Waals surface area contributed by atoms with E-state index in [0.717, 1.165) is 42.9 Å². The van der Waals surface area contributed by atoms with E-state index in [1.807, 2.05) is 18.3 Å². The quantitative estimate of drug-likeness (QED) is 0.681. The van der Waals surface area contributed by atoms with E-state index in [1.54, 1.807) is 13.2 Å². The van der Waals surface area contributed by atoms with Crippen LogP contribution < -0.4 is 5.32 Å². The van der Waals surface area contributed by atoms with E-state index in [1.165, 1.54) is 0 Å². The van der Waals surface area contributed by atoms with Crippen molar-refractivity contribution in [2.24, 2.45) is 0 Å². The number of hydrogen-bond acceptors (Lipinski definition) is 5. The lowest BCUT2D eigenvalue weighted by molar-refractivity contribution is 0.0887. The van der Waals surface area contributed by atoms with E-state index in [-0.39, 0.29) is 12.5 Å². The van der Waals surface area contributed by atoms with Crippen LogP contribution in [0.15, 0.2) is 24.4 Å². The highest BCUT2D eigenvalue weighted by Gasteiger charge is 2.22. The molecule has 2 N–H and O–H groups in total. The van der Waals surface area contributed by atoms with Gasteiger partial charge in [0.25, 0.3) is 5.91 Å². The van der Waals surface area contributed by atoms with Crippen LogP contribution in [0, 0.1) is 0 Å². The molecule has 0 spiro atoms. The molecule has 9 heteroatoms. The number of methoxy groups -OCH3 is 1. The van der Waals surface area contributed by atoms with Crippen molar-refractivity contribution in [2.75, 3.05) is 33.9 Å². The van der Waals surface area contributed by atoms with Crippen LogP contribution in [-0.2, 0) is 17.7 Å². The van der Waals surface area contributed by atoms with Crippen LogP contribution in [-0.4, -0.2) is 64.2 Å². The highest BCUT2D eigenvalue weighted by atomic mass is 35.5. The largest absolute Gasteiger partial charge is 0.382 e. The van der Waals surface area contributed by atoms with Gasteiger partial charge in [-0.1, -0.05) is 11.6 Å².